The van der Waals surface area contributed by atoms with Gasteiger partial charge in [0.15, 0.2) is 0 Å². The van der Waals surface area contributed by atoms with Gasteiger partial charge in [0.25, 0.3) is 0 Å². The van der Waals surface area contributed by atoms with Crippen LogP contribution >= 0.6 is 15.9 Å². The molecule has 8 heteroatoms. The number of nitrogens with zero attached hydrogens (tertiary/aromatic N) is 1. The number of nitrogens with one attached hydrogen (secondary N) is 1. The third-order valence-corrected chi connectivity index (χ3v) is 5.49. The van der Waals surface area contributed by atoms with Gasteiger partial charge in [0.05, 0.1) is 18.5 Å². The van der Waals surface area contributed by atoms with E-state index in [4.69, 9.17) is 4.74 Å². The van der Waals surface area contributed by atoms with Gasteiger partial charge in [-0.05, 0) is 65.2 Å². The van der Waals surface area contributed by atoms with Crippen molar-refractivity contribution in [3.05, 3.63) is 58.1 Å². The second-order valence-corrected chi connectivity index (χ2v) is 9.00. The lowest BCUT2D eigenvalue weighted by atomic mass is 10.1. The second kappa shape index (κ2) is 9.23. The fraction of sp³-hybridized carbons (Fsp3) is 0.316. The quantitative estimate of drug-likeness (QED) is 0.621. The molecule has 0 radical (unpaired) electrons. The summed E-state index contributed by atoms with van der Waals surface area (Å²) >= 11 is 3.32. The molecule has 0 saturated heterocycles. The second-order valence-electron chi connectivity index (χ2n) is 6.24. The Labute approximate surface area is 168 Å². The molecule has 0 saturated carbocycles. The normalized spacial score (nSPS) is 11.1. The van der Waals surface area contributed by atoms with Gasteiger partial charge < -0.3 is 10.1 Å². The third-order valence-electron chi connectivity index (χ3n) is 3.70. The molecule has 0 aromatic heterocycles. The van der Waals surface area contributed by atoms with Crippen molar-refractivity contribution < 1.29 is 17.9 Å². The van der Waals surface area contributed by atoms with Crippen LogP contribution in [0.4, 0.5) is 5.69 Å². The first-order valence-electron chi connectivity index (χ1n) is 8.37. The van der Waals surface area contributed by atoms with Crippen molar-refractivity contribution in [1.29, 1.82) is 0 Å². The number of amides is 1. The van der Waals surface area contributed by atoms with E-state index in [1.54, 1.807) is 24.3 Å². The number of anilines is 1. The number of sulfonamides is 1. The first-order chi connectivity index (χ1) is 12.7. The molecule has 0 spiro atoms. The Bertz CT molecular complexity index is 895. The van der Waals surface area contributed by atoms with Crippen LogP contribution in [0.5, 0.6) is 5.75 Å². The van der Waals surface area contributed by atoms with Gasteiger partial charge in [-0.25, -0.2) is 8.42 Å². The summed E-state index contributed by atoms with van der Waals surface area (Å²) in [6, 6.07) is 12.8. The van der Waals surface area contributed by atoms with E-state index in [9.17, 15) is 13.2 Å². The summed E-state index contributed by atoms with van der Waals surface area (Å²) in [6.07, 6.45) is 1.07. The summed E-state index contributed by atoms with van der Waals surface area (Å²) in [4.78, 5) is 12.2. The van der Waals surface area contributed by atoms with E-state index < -0.39 is 15.9 Å². The monoisotopic (exact) mass is 454 g/mol. The fourth-order valence-corrected chi connectivity index (χ4v) is 4.08. The van der Waals surface area contributed by atoms with E-state index in [-0.39, 0.29) is 13.1 Å². The van der Waals surface area contributed by atoms with Crippen LogP contribution in [0.3, 0.4) is 0 Å². The Morgan fingerprint density at radius 2 is 1.78 bits per heavy atom. The van der Waals surface area contributed by atoms with E-state index >= 15 is 0 Å². The van der Waals surface area contributed by atoms with Crippen LogP contribution in [0.2, 0.25) is 0 Å². The molecule has 6 nitrogen and oxygen atoms in total. The van der Waals surface area contributed by atoms with Crippen molar-refractivity contribution in [2.75, 3.05) is 30.3 Å². The first kappa shape index (κ1) is 21.2. The van der Waals surface area contributed by atoms with Crippen LogP contribution < -0.4 is 14.4 Å². The van der Waals surface area contributed by atoms with Gasteiger partial charge in [0, 0.05) is 4.47 Å². The van der Waals surface area contributed by atoms with Crippen LogP contribution in [-0.2, 0) is 14.8 Å². The van der Waals surface area contributed by atoms with Gasteiger partial charge in [0.2, 0.25) is 15.9 Å². The molecular formula is C19H23BrN2O4S. The Kier molecular flexibility index (Phi) is 7.26. The average Bonchev–Trinajstić information content (AvgIpc) is 2.55. The highest BCUT2D eigenvalue weighted by Gasteiger charge is 2.22. The highest BCUT2D eigenvalue weighted by atomic mass is 79.9. The van der Waals surface area contributed by atoms with Gasteiger partial charge in [-0.15, -0.1) is 0 Å². The van der Waals surface area contributed by atoms with Crippen molar-refractivity contribution in [2.45, 2.75) is 13.8 Å². The number of benzene rings is 2. The predicted molar refractivity (Wildman–Crippen MR) is 111 cm³/mol. The number of hydrogen-bond donors (Lipinski definition) is 1. The molecule has 2 aromatic rings. The number of hydrogen-bond acceptors (Lipinski definition) is 4. The summed E-state index contributed by atoms with van der Waals surface area (Å²) in [7, 11) is -3.61. The molecule has 0 heterocycles. The molecule has 0 aliphatic rings. The summed E-state index contributed by atoms with van der Waals surface area (Å²) in [5, 5.41) is 2.69. The molecule has 0 aliphatic carbocycles. The van der Waals surface area contributed by atoms with Crippen LogP contribution in [0.15, 0.2) is 46.9 Å². The maximum atomic E-state index is 12.2. The van der Waals surface area contributed by atoms with E-state index in [0.717, 1.165) is 27.4 Å². The third kappa shape index (κ3) is 6.55. The van der Waals surface area contributed by atoms with Crippen molar-refractivity contribution in [1.82, 2.24) is 5.32 Å². The number of ether oxygens (including phenoxy) is 1. The van der Waals surface area contributed by atoms with E-state index in [1.165, 1.54) is 0 Å². The van der Waals surface area contributed by atoms with Crippen LogP contribution in [-0.4, -0.2) is 40.3 Å². The van der Waals surface area contributed by atoms with E-state index in [1.807, 2.05) is 26.0 Å². The molecule has 1 N–H and O–H groups in total. The number of aryl methyl sites for hydroxylation is 2. The molecule has 0 bridgehead atoms. The molecule has 146 valence electrons. The summed E-state index contributed by atoms with van der Waals surface area (Å²) in [6.45, 7) is 4.25. The molecule has 2 aromatic carbocycles. The molecule has 0 fully saturated rings. The van der Waals surface area contributed by atoms with Gasteiger partial charge in [-0.3, -0.25) is 9.10 Å². The van der Waals surface area contributed by atoms with Gasteiger partial charge in [0.1, 0.15) is 18.9 Å². The highest BCUT2D eigenvalue weighted by Crippen LogP contribution is 2.27. The van der Waals surface area contributed by atoms with E-state index in [2.05, 4.69) is 27.3 Å². The number of carbonyl (C=O) groups excluding carboxylic acids is 1. The number of halogens is 1. The SMILES string of the molecule is Cc1cc(C)cc(OCCNC(=O)CN(c2ccccc2Br)S(C)(=O)=O)c1. The van der Waals surface area contributed by atoms with Gasteiger partial charge in [-0.2, -0.15) is 0 Å². The number of rotatable bonds is 8. The van der Waals surface area contributed by atoms with Crippen LogP contribution in [0, 0.1) is 13.8 Å². The molecular weight excluding hydrogens is 432 g/mol. The maximum Gasteiger partial charge on any atom is 0.240 e. The molecule has 0 aliphatic heterocycles. The van der Waals surface area contributed by atoms with Crippen molar-refractivity contribution >= 4 is 37.5 Å². The Balaban J connectivity index is 1.92. The predicted octanol–water partition coefficient (Wildman–Crippen LogP) is 3.03. The molecule has 2 rings (SSSR count). The van der Waals surface area contributed by atoms with Gasteiger partial charge in [-0.1, -0.05) is 18.2 Å². The van der Waals surface area contributed by atoms with E-state index in [0.29, 0.717) is 16.8 Å². The summed E-state index contributed by atoms with van der Waals surface area (Å²) in [5.41, 5.74) is 2.62. The molecule has 0 atom stereocenters. The van der Waals surface area contributed by atoms with Gasteiger partial charge >= 0.3 is 0 Å². The Morgan fingerprint density at radius 1 is 1.15 bits per heavy atom. The summed E-state index contributed by atoms with van der Waals surface area (Å²) in [5.74, 6) is 0.341. The zero-order valence-electron chi connectivity index (χ0n) is 15.5. The largest absolute Gasteiger partial charge is 0.492 e. The Hall–Kier alpha value is -2.06. The Morgan fingerprint density at radius 3 is 2.37 bits per heavy atom. The highest BCUT2D eigenvalue weighted by molar-refractivity contribution is 9.10. The van der Waals surface area contributed by atoms with Crippen molar-refractivity contribution in [2.24, 2.45) is 0 Å². The van der Waals surface area contributed by atoms with Crippen molar-refractivity contribution in [3.8, 4) is 5.75 Å². The first-order valence-corrected chi connectivity index (χ1v) is 11.0. The standard InChI is InChI=1S/C19H23BrN2O4S/c1-14-10-15(2)12-16(11-14)26-9-8-21-19(23)13-22(27(3,24)25)18-7-5-4-6-17(18)20/h4-7,10-12H,8-9,13H2,1-3H3,(H,21,23). The average molecular weight is 455 g/mol. The minimum Gasteiger partial charge on any atom is -0.492 e. The minimum absolute atomic E-state index is 0.277. The zero-order chi connectivity index (χ0) is 20.0. The fourth-order valence-electron chi connectivity index (χ4n) is 2.60. The number of carbonyl (C=O) groups is 1. The molecule has 27 heavy (non-hydrogen) atoms. The smallest absolute Gasteiger partial charge is 0.240 e. The van der Waals surface area contributed by atoms with Crippen molar-refractivity contribution in [3.63, 3.8) is 0 Å². The van der Waals surface area contributed by atoms with Crippen LogP contribution in [0.1, 0.15) is 11.1 Å². The number of para-hydroxylation sites is 1. The lowest BCUT2D eigenvalue weighted by Gasteiger charge is -2.23. The lowest BCUT2D eigenvalue weighted by Crippen LogP contribution is -2.41. The maximum absolute atomic E-state index is 12.2. The van der Waals surface area contributed by atoms with Crippen LogP contribution in [0.25, 0.3) is 0 Å². The lowest BCUT2D eigenvalue weighted by molar-refractivity contribution is -0.119. The molecule has 1 amide bonds. The zero-order valence-corrected chi connectivity index (χ0v) is 17.9. The minimum atomic E-state index is -3.61. The topological polar surface area (TPSA) is 75.7 Å². The summed E-state index contributed by atoms with van der Waals surface area (Å²) < 4.78 is 31.5. The molecule has 0 unspecified atom stereocenters.